The normalized spacial score (nSPS) is 24.8. The zero-order valence-electron chi connectivity index (χ0n) is 10.4. The molecule has 2 aliphatic rings. The van der Waals surface area contributed by atoms with E-state index in [1.165, 1.54) is 6.42 Å². The van der Waals surface area contributed by atoms with Crippen molar-refractivity contribution in [3.8, 4) is 0 Å². The summed E-state index contributed by atoms with van der Waals surface area (Å²) in [4.78, 5) is 0. The summed E-state index contributed by atoms with van der Waals surface area (Å²) in [5, 5.41) is 0. The molecule has 0 aromatic carbocycles. The Morgan fingerprint density at radius 3 is 2.35 bits per heavy atom. The second-order valence-corrected chi connectivity index (χ2v) is 6.97. The molecule has 2 fully saturated rings. The van der Waals surface area contributed by atoms with Crippen LogP contribution in [-0.2, 0) is 14.9 Å². The minimum atomic E-state index is -3.26. The van der Waals surface area contributed by atoms with E-state index in [4.69, 9.17) is 4.74 Å². The topological polar surface area (TPSA) is 58.6 Å². The van der Waals surface area contributed by atoms with E-state index in [1.807, 2.05) is 0 Å². The van der Waals surface area contributed by atoms with Crippen LogP contribution in [0.4, 0.5) is 0 Å². The summed E-state index contributed by atoms with van der Waals surface area (Å²) in [5.41, 5.74) is 0.0432. The molecule has 100 valence electrons. The molecule has 5 nitrogen and oxygen atoms in total. The van der Waals surface area contributed by atoms with Crippen molar-refractivity contribution in [2.24, 2.45) is 5.41 Å². The van der Waals surface area contributed by atoms with Crippen LogP contribution in [0, 0.1) is 5.41 Å². The van der Waals surface area contributed by atoms with Gasteiger partial charge in [0.05, 0.1) is 6.61 Å². The standard InChI is InChI=1S/C11H22N2O3S/c1-16-10-11(5-4-6-11)9-12-17(14,15)13-7-2-3-8-13/h12H,2-10H2,1H3. The Labute approximate surface area is 104 Å². The predicted octanol–water partition coefficient (Wildman–Crippen LogP) is 0.733. The Morgan fingerprint density at radius 2 is 1.88 bits per heavy atom. The monoisotopic (exact) mass is 262 g/mol. The van der Waals surface area contributed by atoms with E-state index in [9.17, 15) is 8.42 Å². The molecular weight excluding hydrogens is 240 g/mol. The average Bonchev–Trinajstić information content (AvgIpc) is 2.75. The van der Waals surface area contributed by atoms with Crippen LogP contribution in [0.2, 0.25) is 0 Å². The maximum Gasteiger partial charge on any atom is 0.279 e. The van der Waals surface area contributed by atoms with Crippen LogP contribution in [0.15, 0.2) is 0 Å². The van der Waals surface area contributed by atoms with Gasteiger partial charge in [0.15, 0.2) is 0 Å². The molecule has 6 heteroatoms. The summed E-state index contributed by atoms with van der Waals surface area (Å²) in [6, 6.07) is 0. The maximum absolute atomic E-state index is 12.0. The second-order valence-electron chi connectivity index (χ2n) is 5.22. The first-order chi connectivity index (χ1) is 8.08. The molecular formula is C11H22N2O3S. The molecule has 0 bridgehead atoms. The Morgan fingerprint density at radius 1 is 1.24 bits per heavy atom. The Hall–Kier alpha value is -0.170. The largest absolute Gasteiger partial charge is 0.384 e. The molecule has 0 unspecified atom stereocenters. The molecule has 1 saturated carbocycles. The van der Waals surface area contributed by atoms with E-state index in [0.717, 1.165) is 25.7 Å². The van der Waals surface area contributed by atoms with Crippen molar-refractivity contribution in [2.75, 3.05) is 33.4 Å². The van der Waals surface area contributed by atoms with Crippen LogP contribution in [0.5, 0.6) is 0 Å². The van der Waals surface area contributed by atoms with E-state index in [2.05, 4.69) is 4.72 Å². The minimum Gasteiger partial charge on any atom is -0.384 e. The Balaban J connectivity index is 1.88. The highest BCUT2D eigenvalue weighted by atomic mass is 32.2. The third-order valence-electron chi connectivity index (χ3n) is 3.90. The van der Waals surface area contributed by atoms with Gasteiger partial charge in [0, 0.05) is 32.2 Å². The molecule has 1 aliphatic heterocycles. The van der Waals surface area contributed by atoms with Crippen molar-refractivity contribution in [1.82, 2.24) is 9.03 Å². The molecule has 2 rings (SSSR count). The first-order valence-electron chi connectivity index (χ1n) is 6.32. The smallest absolute Gasteiger partial charge is 0.279 e. The SMILES string of the molecule is COCC1(CNS(=O)(=O)N2CCCC2)CCC1. The molecule has 0 aromatic heterocycles. The van der Waals surface area contributed by atoms with Gasteiger partial charge in [0.25, 0.3) is 10.2 Å². The van der Waals surface area contributed by atoms with Gasteiger partial charge >= 0.3 is 0 Å². The fourth-order valence-electron chi connectivity index (χ4n) is 2.62. The third kappa shape index (κ3) is 2.99. The first-order valence-corrected chi connectivity index (χ1v) is 7.76. The van der Waals surface area contributed by atoms with Gasteiger partial charge in [-0.2, -0.15) is 12.7 Å². The molecule has 1 saturated heterocycles. The van der Waals surface area contributed by atoms with Crippen LogP contribution >= 0.6 is 0 Å². The summed E-state index contributed by atoms with van der Waals surface area (Å²) < 4.78 is 33.5. The van der Waals surface area contributed by atoms with Gasteiger partial charge in [-0.05, 0) is 25.7 Å². The summed E-state index contributed by atoms with van der Waals surface area (Å²) in [6.07, 6.45) is 5.25. The molecule has 0 radical (unpaired) electrons. The van der Waals surface area contributed by atoms with Crippen LogP contribution < -0.4 is 4.72 Å². The van der Waals surface area contributed by atoms with Crippen molar-refractivity contribution in [2.45, 2.75) is 32.1 Å². The van der Waals surface area contributed by atoms with Crippen LogP contribution in [0.1, 0.15) is 32.1 Å². The van der Waals surface area contributed by atoms with E-state index in [-0.39, 0.29) is 5.41 Å². The molecule has 0 atom stereocenters. The number of methoxy groups -OCH3 is 1. The molecule has 0 amide bonds. The Bertz CT molecular complexity index is 346. The summed E-state index contributed by atoms with van der Waals surface area (Å²) in [6.45, 7) is 2.48. The summed E-state index contributed by atoms with van der Waals surface area (Å²) in [5.74, 6) is 0. The van der Waals surface area contributed by atoms with Gasteiger partial charge in [-0.25, -0.2) is 4.72 Å². The minimum absolute atomic E-state index is 0.0432. The predicted molar refractivity (Wildman–Crippen MR) is 65.9 cm³/mol. The van der Waals surface area contributed by atoms with E-state index >= 15 is 0 Å². The molecule has 0 aromatic rings. The number of nitrogens with one attached hydrogen (secondary N) is 1. The lowest BCUT2D eigenvalue weighted by molar-refractivity contribution is 0.0218. The molecule has 1 heterocycles. The highest BCUT2D eigenvalue weighted by Crippen LogP contribution is 2.40. The van der Waals surface area contributed by atoms with Crippen molar-refractivity contribution in [3.63, 3.8) is 0 Å². The maximum atomic E-state index is 12.0. The van der Waals surface area contributed by atoms with Gasteiger partial charge in [-0.3, -0.25) is 0 Å². The lowest BCUT2D eigenvalue weighted by atomic mass is 9.69. The molecule has 17 heavy (non-hydrogen) atoms. The van der Waals surface area contributed by atoms with Gasteiger partial charge in [0.1, 0.15) is 0 Å². The fraction of sp³-hybridized carbons (Fsp3) is 1.00. The number of hydrogen-bond acceptors (Lipinski definition) is 3. The van der Waals surface area contributed by atoms with Crippen molar-refractivity contribution < 1.29 is 13.2 Å². The lowest BCUT2D eigenvalue weighted by Crippen LogP contribution is -2.48. The third-order valence-corrected chi connectivity index (χ3v) is 5.45. The van der Waals surface area contributed by atoms with Gasteiger partial charge in [-0.15, -0.1) is 0 Å². The van der Waals surface area contributed by atoms with E-state index in [1.54, 1.807) is 11.4 Å². The molecule has 0 spiro atoms. The Kier molecular flexibility index (Phi) is 4.07. The van der Waals surface area contributed by atoms with Crippen LogP contribution in [0.25, 0.3) is 0 Å². The second kappa shape index (κ2) is 5.22. The van der Waals surface area contributed by atoms with Crippen LogP contribution in [-0.4, -0.2) is 46.1 Å². The zero-order valence-corrected chi connectivity index (χ0v) is 11.3. The van der Waals surface area contributed by atoms with Gasteiger partial charge in [-0.1, -0.05) is 6.42 Å². The van der Waals surface area contributed by atoms with Gasteiger partial charge < -0.3 is 4.74 Å². The van der Waals surface area contributed by atoms with Crippen molar-refractivity contribution in [1.29, 1.82) is 0 Å². The first kappa shape index (κ1) is 13.3. The number of hydrogen-bond donors (Lipinski definition) is 1. The zero-order chi connectivity index (χ0) is 12.4. The quantitative estimate of drug-likeness (QED) is 0.768. The number of rotatable bonds is 6. The van der Waals surface area contributed by atoms with Gasteiger partial charge in [0.2, 0.25) is 0 Å². The number of nitrogens with zero attached hydrogens (tertiary/aromatic N) is 1. The summed E-state index contributed by atoms with van der Waals surface area (Å²) in [7, 11) is -1.58. The highest BCUT2D eigenvalue weighted by Gasteiger charge is 2.38. The fourth-order valence-corrected chi connectivity index (χ4v) is 4.03. The van der Waals surface area contributed by atoms with Crippen molar-refractivity contribution in [3.05, 3.63) is 0 Å². The average molecular weight is 262 g/mol. The summed E-state index contributed by atoms with van der Waals surface area (Å²) >= 11 is 0. The molecule has 1 N–H and O–H groups in total. The van der Waals surface area contributed by atoms with Crippen LogP contribution in [0.3, 0.4) is 0 Å². The highest BCUT2D eigenvalue weighted by molar-refractivity contribution is 7.87. The van der Waals surface area contributed by atoms with E-state index < -0.39 is 10.2 Å². The van der Waals surface area contributed by atoms with E-state index in [0.29, 0.717) is 26.2 Å². The number of ether oxygens (including phenoxy) is 1. The lowest BCUT2D eigenvalue weighted by Gasteiger charge is -2.41. The van der Waals surface area contributed by atoms with Crippen molar-refractivity contribution >= 4 is 10.2 Å². The molecule has 1 aliphatic carbocycles.